The zero-order chi connectivity index (χ0) is 17.1. The van der Waals surface area contributed by atoms with E-state index >= 15 is 0 Å². The summed E-state index contributed by atoms with van der Waals surface area (Å²) >= 11 is 1.64. The van der Waals surface area contributed by atoms with Crippen molar-refractivity contribution in [1.82, 2.24) is 9.88 Å². The molecule has 0 radical (unpaired) electrons. The van der Waals surface area contributed by atoms with Gasteiger partial charge in [-0.15, -0.1) is 11.3 Å². The summed E-state index contributed by atoms with van der Waals surface area (Å²) in [5.74, 6) is 0.362. The molecule has 0 spiro atoms. The summed E-state index contributed by atoms with van der Waals surface area (Å²) in [4.78, 5) is 20.4. The summed E-state index contributed by atoms with van der Waals surface area (Å²) in [5, 5.41) is 3.80. The van der Waals surface area contributed by atoms with Crippen LogP contribution in [0.15, 0.2) is 36.4 Å². The maximum atomic E-state index is 12.1. The number of nitrogens with one attached hydrogen (secondary N) is 1. The minimum atomic E-state index is 0.153. The molecule has 1 fully saturated rings. The van der Waals surface area contributed by atoms with E-state index in [1.54, 1.807) is 11.3 Å². The Labute approximate surface area is 152 Å². The van der Waals surface area contributed by atoms with E-state index < -0.39 is 0 Å². The Morgan fingerprint density at radius 2 is 2.16 bits per heavy atom. The van der Waals surface area contributed by atoms with E-state index in [1.165, 1.54) is 16.9 Å². The number of hydrogen-bond donors (Lipinski definition) is 1. The fraction of sp³-hybridized carbons (Fsp3) is 0.400. The highest BCUT2D eigenvalue weighted by Gasteiger charge is 2.27. The molecule has 0 saturated heterocycles. The van der Waals surface area contributed by atoms with Crippen molar-refractivity contribution < 1.29 is 4.79 Å². The SMILES string of the molecule is O=C(Nc1nc2c(s1)CN(C/C=C/c1ccccc1)CC2)C1CCC1. The van der Waals surface area contributed by atoms with Gasteiger partial charge in [-0.2, -0.15) is 0 Å². The van der Waals surface area contributed by atoms with Crippen LogP contribution in [0.1, 0.15) is 35.4 Å². The van der Waals surface area contributed by atoms with Crippen molar-refractivity contribution in [2.45, 2.75) is 32.2 Å². The number of aromatic nitrogens is 1. The van der Waals surface area contributed by atoms with Gasteiger partial charge in [0.25, 0.3) is 0 Å². The lowest BCUT2D eigenvalue weighted by molar-refractivity contribution is -0.122. The van der Waals surface area contributed by atoms with Gasteiger partial charge in [0.15, 0.2) is 5.13 Å². The number of nitrogens with zero attached hydrogens (tertiary/aromatic N) is 2. The molecule has 1 aromatic carbocycles. The van der Waals surface area contributed by atoms with E-state index in [1.807, 2.05) is 6.07 Å². The number of fused-ring (bicyclic) bond motifs is 1. The summed E-state index contributed by atoms with van der Waals surface area (Å²) in [7, 11) is 0. The molecule has 25 heavy (non-hydrogen) atoms. The summed E-state index contributed by atoms with van der Waals surface area (Å²) in [6.07, 6.45) is 8.59. The zero-order valence-corrected chi connectivity index (χ0v) is 15.1. The van der Waals surface area contributed by atoms with Crippen molar-refractivity contribution in [2.75, 3.05) is 18.4 Å². The molecule has 5 heteroatoms. The van der Waals surface area contributed by atoms with Crippen molar-refractivity contribution >= 4 is 28.5 Å². The molecule has 0 unspecified atom stereocenters. The molecular weight excluding hydrogens is 330 g/mol. The molecule has 4 nitrogen and oxygen atoms in total. The van der Waals surface area contributed by atoms with Crippen molar-refractivity contribution in [2.24, 2.45) is 5.92 Å². The number of amides is 1. The number of anilines is 1. The summed E-state index contributed by atoms with van der Waals surface area (Å²) in [5.41, 5.74) is 2.40. The Balaban J connectivity index is 1.33. The first-order chi connectivity index (χ1) is 12.3. The van der Waals surface area contributed by atoms with E-state index in [0.29, 0.717) is 0 Å². The summed E-state index contributed by atoms with van der Waals surface area (Å²) in [6.45, 7) is 2.88. The van der Waals surface area contributed by atoms with Gasteiger partial charge < -0.3 is 5.32 Å². The van der Waals surface area contributed by atoms with Crippen LogP contribution in [0.4, 0.5) is 5.13 Å². The van der Waals surface area contributed by atoms with Gasteiger partial charge >= 0.3 is 0 Å². The molecular formula is C20H23N3OS. The molecule has 0 bridgehead atoms. The average molecular weight is 353 g/mol. The van der Waals surface area contributed by atoms with Crippen molar-refractivity contribution in [3.05, 3.63) is 52.5 Å². The second kappa shape index (κ2) is 7.50. The molecule has 1 amide bonds. The van der Waals surface area contributed by atoms with Gasteiger partial charge in [0, 0.05) is 36.9 Å². The van der Waals surface area contributed by atoms with Gasteiger partial charge in [-0.25, -0.2) is 4.98 Å². The molecule has 0 atom stereocenters. The maximum Gasteiger partial charge on any atom is 0.229 e. The monoisotopic (exact) mass is 353 g/mol. The van der Waals surface area contributed by atoms with Crippen molar-refractivity contribution in [3.63, 3.8) is 0 Å². The van der Waals surface area contributed by atoms with E-state index in [4.69, 9.17) is 0 Å². The minimum Gasteiger partial charge on any atom is -0.302 e. The topological polar surface area (TPSA) is 45.2 Å². The van der Waals surface area contributed by atoms with Crippen LogP contribution in [0.3, 0.4) is 0 Å². The lowest BCUT2D eigenvalue weighted by atomic mass is 9.85. The molecule has 4 rings (SSSR count). The van der Waals surface area contributed by atoms with E-state index in [0.717, 1.165) is 49.7 Å². The summed E-state index contributed by atoms with van der Waals surface area (Å²) < 4.78 is 0. The van der Waals surface area contributed by atoms with Gasteiger partial charge in [-0.1, -0.05) is 48.9 Å². The third-order valence-electron chi connectivity index (χ3n) is 4.99. The van der Waals surface area contributed by atoms with Gasteiger partial charge in [-0.05, 0) is 18.4 Å². The highest BCUT2D eigenvalue weighted by atomic mass is 32.1. The molecule has 1 saturated carbocycles. The van der Waals surface area contributed by atoms with Crippen LogP contribution in [0, 0.1) is 5.92 Å². The van der Waals surface area contributed by atoms with Gasteiger partial charge in [0.2, 0.25) is 5.91 Å². The van der Waals surface area contributed by atoms with Crippen LogP contribution in [-0.2, 0) is 17.8 Å². The van der Waals surface area contributed by atoms with Crippen LogP contribution < -0.4 is 5.32 Å². The Bertz CT molecular complexity index is 765. The predicted octanol–water partition coefficient (Wildman–Crippen LogP) is 3.95. The van der Waals surface area contributed by atoms with Crippen LogP contribution in [-0.4, -0.2) is 28.9 Å². The second-order valence-electron chi connectivity index (χ2n) is 6.80. The number of carbonyl (C=O) groups is 1. The predicted molar refractivity (Wildman–Crippen MR) is 103 cm³/mol. The fourth-order valence-electron chi connectivity index (χ4n) is 3.24. The first kappa shape index (κ1) is 16.5. The molecule has 1 N–H and O–H groups in total. The quantitative estimate of drug-likeness (QED) is 0.885. The molecule has 2 heterocycles. The number of rotatable bonds is 5. The van der Waals surface area contributed by atoms with Crippen LogP contribution >= 0.6 is 11.3 Å². The van der Waals surface area contributed by atoms with Crippen LogP contribution in [0.5, 0.6) is 0 Å². The largest absolute Gasteiger partial charge is 0.302 e. The Kier molecular flexibility index (Phi) is 4.95. The van der Waals surface area contributed by atoms with Crippen molar-refractivity contribution in [1.29, 1.82) is 0 Å². The fourth-order valence-corrected chi connectivity index (χ4v) is 4.29. The highest BCUT2D eigenvalue weighted by molar-refractivity contribution is 7.15. The molecule has 1 aromatic heterocycles. The highest BCUT2D eigenvalue weighted by Crippen LogP contribution is 2.31. The molecule has 1 aliphatic heterocycles. The van der Waals surface area contributed by atoms with Crippen LogP contribution in [0.2, 0.25) is 0 Å². The number of benzene rings is 1. The molecule has 2 aliphatic rings. The molecule has 2 aromatic rings. The normalized spacial score (nSPS) is 18.1. The lowest BCUT2D eigenvalue weighted by Crippen LogP contribution is -2.30. The average Bonchev–Trinajstić information content (AvgIpc) is 2.95. The van der Waals surface area contributed by atoms with Gasteiger partial charge in [-0.3, -0.25) is 9.69 Å². The van der Waals surface area contributed by atoms with Gasteiger partial charge in [0.1, 0.15) is 0 Å². The molecule has 1 aliphatic carbocycles. The van der Waals surface area contributed by atoms with E-state index in [-0.39, 0.29) is 11.8 Å². The lowest BCUT2D eigenvalue weighted by Gasteiger charge is -2.24. The van der Waals surface area contributed by atoms with Gasteiger partial charge in [0.05, 0.1) is 5.69 Å². The number of hydrogen-bond acceptors (Lipinski definition) is 4. The minimum absolute atomic E-state index is 0.153. The summed E-state index contributed by atoms with van der Waals surface area (Å²) in [6, 6.07) is 10.4. The Morgan fingerprint density at radius 1 is 1.32 bits per heavy atom. The standard InChI is InChI=1S/C20H23N3OS/c24-19(16-9-4-10-16)22-20-21-17-11-13-23(14-18(17)25-20)12-5-8-15-6-2-1-3-7-15/h1-3,5-8,16H,4,9-14H2,(H,21,22,24)/b8-5+. The van der Waals surface area contributed by atoms with E-state index in [2.05, 4.69) is 51.6 Å². The van der Waals surface area contributed by atoms with Crippen molar-refractivity contribution in [3.8, 4) is 0 Å². The van der Waals surface area contributed by atoms with Crippen LogP contribution in [0.25, 0.3) is 6.08 Å². The second-order valence-corrected chi connectivity index (χ2v) is 7.89. The smallest absolute Gasteiger partial charge is 0.229 e. The first-order valence-corrected chi connectivity index (χ1v) is 9.83. The van der Waals surface area contributed by atoms with E-state index in [9.17, 15) is 4.79 Å². The maximum absolute atomic E-state index is 12.1. The number of carbonyl (C=O) groups excluding carboxylic acids is 1. The molecule has 130 valence electrons. The zero-order valence-electron chi connectivity index (χ0n) is 14.3. The third kappa shape index (κ3) is 3.99. The number of thiazole rings is 1. The Morgan fingerprint density at radius 3 is 2.92 bits per heavy atom. The first-order valence-electron chi connectivity index (χ1n) is 9.01. The Hall–Kier alpha value is -1.98. The third-order valence-corrected chi connectivity index (χ3v) is 5.99.